The van der Waals surface area contributed by atoms with Crippen LogP contribution >= 0.6 is 11.8 Å². The van der Waals surface area contributed by atoms with Gasteiger partial charge >= 0.3 is 0 Å². The zero-order valence-corrected chi connectivity index (χ0v) is 18.1. The number of aromatic hydroxyl groups is 1. The number of hydrogen-bond donors (Lipinski definition) is 2. The van der Waals surface area contributed by atoms with Crippen molar-refractivity contribution < 1.29 is 14.6 Å². The molecule has 1 aliphatic rings. The highest BCUT2D eigenvalue weighted by atomic mass is 32.2. The van der Waals surface area contributed by atoms with Crippen molar-refractivity contribution in [2.24, 2.45) is 0 Å². The van der Waals surface area contributed by atoms with Crippen LogP contribution in [-0.4, -0.2) is 50.8 Å². The first-order chi connectivity index (χ1) is 15.2. The number of aromatic nitrogens is 3. The summed E-state index contributed by atoms with van der Waals surface area (Å²) in [7, 11) is 0. The molecule has 1 amide bonds. The molecule has 0 bridgehead atoms. The molecular weight excluding hydrogens is 412 g/mol. The quantitative estimate of drug-likeness (QED) is 0.499. The van der Waals surface area contributed by atoms with Gasteiger partial charge in [-0.3, -0.25) is 9.36 Å². The average molecular weight is 439 g/mol. The van der Waals surface area contributed by atoms with E-state index in [0.717, 1.165) is 31.4 Å². The Kier molecular flexibility index (Phi) is 7.22. The molecule has 2 aromatic carbocycles. The van der Waals surface area contributed by atoms with Crippen LogP contribution in [0, 0.1) is 0 Å². The van der Waals surface area contributed by atoms with Crippen LogP contribution in [0.4, 0.5) is 0 Å². The van der Waals surface area contributed by atoms with Crippen LogP contribution in [0.1, 0.15) is 18.4 Å². The highest BCUT2D eigenvalue weighted by Crippen LogP contribution is 2.27. The second-order valence-electron chi connectivity index (χ2n) is 7.47. The molecular formula is C23H26N4O3S. The first kappa shape index (κ1) is 21.4. The molecule has 0 aliphatic carbocycles. The summed E-state index contributed by atoms with van der Waals surface area (Å²) in [6, 6.07) is 17.0. The van der Waals surface area contributed by atoms with Crippen LogP contribution in [0.15, 0.2) is 59.8 Å². The second kappa shape index (κ2) is 10.5. The van der Waals surface area contributed by atoms with E-state index in [1.165, 1.54) is 17.3 Å². The molecule has 162 valence electrons. The summed E-state index contributed by atoms with van der Waals surface area (Å²) in [6.45, 7) is 2.01. The number of hydrogen-bond acceptors (Lipinski definition) is 6. The molecule has 1 aromatic heterocycles. The maximum absolute atomic E-state index is 12.3. The number of amides is 1. The van der Waals surface area contributed by atoms with Crippen molar-refractivity contribution in [3.05, 3.63) is 60.2 Å². The number of nitrogens with zero attached hydrogens (tertiary/aromatic N) is 3. The summed E-state index contributed by atoms with van der Waals surface area (Å²) in [5.41, 5.74) is 2.06. The highest BCUT2D eigenvalue weighted by molar-refractivity contribution is 7.99. The lowest BCUT2D eigenvalue weighted by Crippen LogP contribution is -2.27. The monoisotopic (exact) mass is 438 g/mol. The largest absolute Gasteiger partial charge is 0.508 e. The maximum atomic E-state index is 12.3. The van der Waals surface area contributed by atoms with Crippen LogP contribution in [0.3, 0.4) is 0 Å². The molecule has 7 nitrogen and oxygen atoms in total. The SMILES string of the molecule is O=C(CSc1nnc(-c2ccc(O)cc2)n1C[C@H]1CCCO1)NCCc1ccccc1. The molecule has 3 aromatic rings. The highest BCUT2D eigenvalue weighted by Gasteiger charge is 2.22. The van der Waals surface area contributed by atoms with Gasteiger partial charge in [-0.15, -0.1) is 10.2 Å². The minimum Gasteiger partial charge on any atom is -0.508 e. The van der Waals surface area contributed by atoms with E-state index in [1.54, 1.807) is 12.1 Å². The fraction of sp³-hybridized carbons (Fsp3) is 0.348. The Balaban J connectivity index is 1.39. The van der Waals surface area contributed by atoms with Crippen molar-refractivity contribution in [1.82, 2.24) is 20.1 Å². The normalized spacial score (nSPS) is 15.8. The smallest absolute Gasteiger partial charge is 0.230 e. The van der Waals surface area contributed by atoms with Crippen LogP contribution in [0.25, 0.3) is 11.4 Å². The number of benzene rings is 2. The zero-order chi connectivity index (χ0) is 21.5. The van der Waals surface area contributed by atoms with E-state index in [4.69, 9.17) is 4.74 Å². The number of nitrogens with one attached hydrogen (secondary N) is 1. The molecule has 8 heteroatoms. The topological polar surface area (TPSA) is 89.3 Å². The van der Waals surface area contributed by atoms with Gasteiger partial charge in [0, 0.05) is 18.7 Å². The van der Waals surface area contributed by atoms with Gasteiger partial charge in [-0.2, -0.15) is 0 Å². The van der Waals surface area contributed by atoms with E-state index in [9.17, 15) is 9.90 Å². The first-order valence-corrected chi connectivity index (χ1v) is 11.5. The first-order valence-electron chi connectivity index (χ1n) is 10.5. The zero-order valence-electron chi connectivity index (χ0n) is 17.2. The van der Waals surface area contributed by atoms with Gasteiger partial charge in [0.25, 0.3) is 0 Å². The summed E-state index contributed by atoms with van der Waals surface area (Å²) in [5.74, 6) is 1.16. The van der Waals surface area contributed by atoms with Crippen molar-refractivity contribution >= 4 is 17.7 Å². The number of carbonyl (C=O) groups is 1. The second-order valence-corrected chi connectivity index (χ2v) is 8.42. The van der Waals surface area contributed by atoms with Crippen molar-refractivity contribution in [2.75, 3.05) is 18.9 Å². The maximum Gasteiger partial charge on any atom is 0.230 e. The van der Waals surface area contributed by atoms with E-state index in [-0.39, 0.29) is 23.5 Å². The molecule has 1 atom stereocenters. The number of rotatable bonds is 9. The van der Waals surface area contributed by atoms with E-state index < -0.39 is 0 Å². The van der Waals surface area contributed by atoms with Crippen molar-refractivity contribution in [1.29, 1.82) is 0 Å². The molecule has 0 spiro atoms. The van der Waals surface area contributed by atoms with Gasteiger partial charge in [-0.05, 0) is 49.1 Å². The fourth-order valence-electron chi connectivity index (χ4n) is 3.55. The fourth-order valence-corrected chi connectivity index (χ4v) is 4.33. The molecule has 2 N–H and O–H groups in total. The number of carbonyl (C=O) groups excluding carboxylic acids is 1. The Hall–Kier alpha value is -2.84. The molecule has 31 heavy (non-hydrogen) atoms. The van der Waals surface area contributed by atoms with Gasteiger partial charge in [0.1, 0.15) is 5.75 Å². The third-order valence-corrected chi connectivity index (χ3v) is 6.13. The van der Waals surface area contributed by atoms with Gasteiger partial charge < -0.3 is 15.2 Å². The lowest BCUT2D eigenvalue weighted by atomic mass is 10.1. The summed E-state index contributed by atoms with van der Waals surface area (Å²) in [4.78, 5) is 12.3. The lowest BCUT2D eigenvalue weighted by Gasteiger charge is -2.14. The van der Waals surface area contributed by atoms with Crippen LogP contribution < -0.4 is 5.32 Å². The number of ether oxygens (including phenoxy) is 1. The standard InChI is InChI=1S/C23H26N4O3S/c28-19-10-8-18(9-11-19)22-25-26-23(27(22)15-20-7-4-14-30-20)31-16-21(29)24-13-12-17-5-2-1-3-6-17/h1-3,5-6,8-11,20,28H,4,7,12-16H2,(H,24,29)/t20-/m1/s1. The lowest BCUT2D eigenvalue weighted by molar-refractivity contribution is -0.118. The van der Waals surface area contributed by atoms with Crippen LogP contribution in [-0.2, 0) is 22.5 Å². The molecule has 0 radical (unpaired) electrons. The van der Waals surface area contributed by atoms with Gasteiger partial charge in [0.2, 0.25) is 5.91 Å². The molecule has 1 fully saturated rings. The predicted octanol–water partition coefficient (Wildman–Crippen LogP) is 3.28. The Morgan fingerprint density at radius 3 is 2.71 bits per heavy atom. The third kappa shape index (κ3) is 5.86. The molecule has 4 rings (SSSR count). The molecule has 0 unspecified atom stereocenters. The third-order valence-electron chi connectivity index (χ3n) is 5.16. The van der Waals surface area contributed by atoms with Crippen molar-refractivity contribution in [3.63, 3.8) is 0 Å². The van der Waals surface area contributed by atoms with Gasteiger partial charge in [0.05, 0.1) is 18.4 Å². The van der Waals surface area contributed by atoms with Crippen LogP contribution in [0.2, 0.25) is 0 Å². The van der Waals surface area contributed by atoms with E-state index >= 15 is 0 Å². The molecule has 2 heterocycles. The Morgan fingerprint density at radius 2 is 1.97 bits per heavy atom. The van der Waals surface area contributed by atoms with Crippen molar-refractivity contribution in [3.8, 4) is 17.1 Å². The van der Waals surface area contributed by atoms with Crippen molar-refractivity contribution in [2.45, 2.75) is 37.1 Å². The molecule has 1 aliphatic heterocycles. The Bertz CT molecular complexity index is 986. The Labute approximate surface area is 185 Å². The average Bonchev–Trinajstić information content (AvgIpc) is 3.44. The summed E-state index contributed by atoms with van der Waals surface area (Å²) >= 11 is 1.38. The summed E-state index contributed by atoms with van der Waals surface area (Å²) < 4.78 is 7.83. The van der Waals surface area contributed by atoms with E-state index in [1.807, 2.05) is 34.9 Å². The number of phenolic OH excluding ortho intramolecular Hbond substituents is 1. The summed E-state index contributed by atoms with van der Waals surface area (Å²) in [5, 5.41) is 21.9. The van der Waals surface area contributed by atoms with Gasteiger partial charge in [-0.1, -0.05) is 42.1 Å². The number of thioether (sulfide) groups is 1. The number of phenols is 1. The van der Waals surface area contributed by atoms with Gasteiger partial charge in [0.15, 0.2) is 11.0 Å². The van der Waals surface area contributed by atoms with Crippen LogP contribution in [0.5, 0.6) is 5.75 Å². The van der Waals surface area contributed by atoms with E-state index in [2.05, 4.69) is 27.6 Å². The van der Waals surface area contributed by atoms with E-state index in [0.29, 0.717) is 24.1 Å². The minimum atomic E-state index is -0.0289. The minimum absolute atomic E-state index is 0.0289. The molecule has 0 saturated carbocycles. The van der Waals surface area contributed by atoms with Gasteiger partial charge in [-0.25, -0.2) is 0 Å². The molecule has 1 saturated heterocycles. The summed E-state index contributed by atoms with van der Waals surface area (Å²) in [6.07, 6.45) is 2.97. The Morgan fingerprint density at radius 1 is 1.16 bits per heavy atom. The predicted molar refractivity (Wildman–Crippen MR) is 120 cm³/mol.